The van der Waals surface area contributed by atoms with Gasteiger partial charge in [0, 0.05) is 31.6 Å². The third-order valence-corrected chi connectivity index (χ3v) is 2.88. The summed E-state index contributed by atoms with van der Waals surface area (Å²) in [6.45, 7) is 1.89. The Hall–Kier alpha value is -1.92. The van der Waals surface area contributed by atoms with Crippen molar-refractivity contribution in [2.75, 3.05) is 20.1 Å². The van der Waals surface area contributed by atoms with Gasteiger partial charge in [0.05, 0.1) is 11.9 Å². The van der Waals surface area contributed by atoms with Crippen molar-refractivity contribution in [3.8, 4) is 5.75 Å². The molecular weight excluding hydrogens is 242 g/mol. The Morgan fingerprint density at radius 2 is 2.47 bits per heavy atom. The molecule has 1 aliphatic rings. The van der Waals surface area contributed by atoms with Crippen molar-refractivity contribution in [1.29, 1.82) is 5.41 Å². The maximum atomic E-state index is 7.37. The number of allylic oxidation sites excluding steroid dienone is 1. The molecule has 2 rings (SSSR count). The molecular formula is C13H19N5O. The van der Waals surface area contributed by atoms with Gasteiger partial charge in [0.15, 0.2) is 0 Å². The molecule has 19 heavy (non-hydrogen) atoms. The lowest BCUT2D eigenvalue weighted by Crippen LogP contribution is -2.21. The van der Waals surface area contributed by atoms with Crippen molar-refractivity contribution >= 4 is 11.8 Å². The van der Waals surface area contributed by atoms with Crippen LogP contribution in [0.1, 0.15) is 12.1 Å². The zero-order valence-electron chi connectivity index (χ0n) is 10.9. The Kier molecular flexibility index (Phi) is 4.88. The lowest BCUT2D eigenvalue weighted by Gasteiger charge is -2.12. The quantitative estimate of drug-likeness (QED) is 0.444. The largest absolute Gasteiger partial charge is 0.487 e. The van der Waals surface area contributed by atoms with Crippen LogP contribution in [0.5, 0.6) is 5.75 Å². The number of pyridine rings is 1. The van der Waals surface area contributed by atoms with Gasteiger partial charge < -0.3 is 20.9 Å². The van der Waals surface area contributed by atoms with E-state index in [1.807, 2.05) is 12.1 Å². The normalized spacial score (nSPS) is 19.2. The van der Waals surface area contributed by atoms with Crippen LogP contribution in [0, 0.1) is 5.41 Å². The van der Waals surface area contributed by atoms with Gasteiger partial charge >= 0.3 is 0 Å². The van der Waals surface area contributed by atoms with E-state index in [2.05, 4.69) is 21.2 Å². The Morgan fingerprint density at radius 1 is 1.58 bits per heavy atom. The monoisotopic (exact) mass is 261 g/mol. The number of rotatable bonds is 6. The minimum atomic E-state index is 0.233. The van der Waals surface area contributed by atoms with Crippen LogP contribution in [0.25, 0.3) is 5.57 Å². The first-order valence-electron chi connectivity index (χ1n) is 6.30. The highest BCUT2D eigenvalue weighted by atomic mass is 16.5. The third kappa shape index (κ3) is 3.77. The van der Waals surface area contributed by atoms with Crippen LogP contribution in [0.3, 0.4) is 0 Å². The lowest BCUT2D eigenvalue weighted by atomic mass is 10.2. The summed E-state index contributed by atoms with van der Waals surface area (Å²) >= 11 is 0. The maximum Gasteiger partial charge on any atom is 0.138 e. The molecule has 0 saturated carbocycles. The smallest absolute Gasteiger partial charge is 0.138 e. The number of nitrogens with zero attached hydrogens (tertiary/aromatic N) is 1. The predicted molar refractivity (Wildman–Crippen MR) is 75.1 cm³/mol. The van der Waals surface area contributed by atoms with Crippen LogP contribution in [0.2, 0.25) is 0 Å². The molecule has 1 aromatic heterocycles. The van der Waals surface area contributed by atoms with Crippen LogP contribution in [-0.4, -0.2) is 37.4 Å². The highest BCUT2D eigenvalue weighted by Crippen LogP contribution is 2.16. The minimum Gasteiger partial charge on any atom is -0.487 e. The van der Waals surface area contributed by atoms with Gasteiger partial charge in [-0.05, 0) is 25.1 Å². The highest BCUT2D eigenvalue weighted by molar-refractivity contribution is 6.07. The summed E-state index contributed by atoms with van der Waals surface area (Å²) in [5.74, 6) is 0.767. The van der Waals surface area contributed by atoms with Crippen molar-refractivity contribution < 1.29 is 4.74 Å². The van der Waals surface area contributed by atoms with E-state index < -0.39 is 0 Å². The molecule has 102 valence electrons. The number of hydrazine groups is 1. The summed E-state index contributed by atoms with van der Waals surface area (Å²) in [6, 6.07) is 3.74. The van der Waals surface area contributed by atoms with E-state index in [9.17, 15) is 0 Å². The average Bonchev–Trinajstić information content (AvgIpc) is 2.94. The van der Waals surface area contributed by atoms with Gasteiger partial charge in [-0.15, -0.1) is 0 Å². The van der Waals surface area contributed by atoms with E-state index in [0.717, 1.165) is 31.0 Å². The Bertz CT molecular complexity index is 437. The molecule has 0 bridgehead atoms. The van der Waals surface area contributed by atoms with Crippen LogP contribution < -0.4 is 20.9 Å². The first-order valence-corrected chi connectivity index (χ1v) is 6.30. The standard InChI is InChI=1S/C13H19N5O/c1-15-18-7-10(6-14)13-3-2-11(9-17-13)19-12-4-5-16-8-12/h2-3,6-7,9,12,14-16,18H,4-5,8H2,1H3/b10-7+,14-6?/t12-/m1/s1. The molecule has 0 spiro atoms. The van der Waals surface area contributed by atoms with Gasteiger partial charge in [-0.25, -0.2) is 5.43 Å². The molecule has 0 unspecified atom stereocenters. The van der Waals surface area contributed by atoms with Crippen LogP contribution in [0.4, 0.5) is 0 Å². The molecule has 4 N–H and O–H groups in total. The number of hydrogen-bond donors (Lipinski definition) is 4. The van der Waals surface area contributed by atoms with Gasteiger partial charge in [0.2, 0.25) is 0 Å². The maximum absolute atomic E-state index is 7.37. The van der Waals surface area contributed by atoms with Crippen molar-refractivity contribution in [2.24, 2.45) is 0 Å². The molecule has 6 nitrogen and oxygen atoms in total. The highest BCUT2D eigenvalue weighted by Gasteiger charge is 2.15. The van der Waals surface area contributed by atoms with Crippen molar-refractivity contribution in [2.45, 2.75) is 12.5 Å². The molecule has 1 fully saturated rings. The molecule has 0 aliphatic carbocycles. The molecule has 1 aliphatic heterocycles. The summed E-state index contributed by atoms with van der Waals surface area (Å²) in [6.07, 6.45) is 5.91. The summed E-state index contributed by atoms with van der Waals surface area (Å²) in [5.41, 5.74) is 7.03. The van der Waals surface area contributed by atoms with Gasteiger partial charge in [0.25, 0.3) is 0 Å². The van der Waals surface area contributed by atoms with Crippen molar-refractivity contribution in [3.05, 3.63) is 30.2 Å². The first kappa shape index (κ1) is 13.5. The molecule has 1 aromatic rings. The molecule has 0 aromatic carbocycles. The zero-order chi connectivity index (χ0) is 13.5. The van der Waals surface area contributed by atoms with E-state index in [1.54, 1.807) is 19.4 Å². The van der Waals surface area contributed by atoms with E-state index in [0.29, 0.717) is 5.57 Å². The van der Waals surface area contributed by atoms with Gasteiger partial charge in [-0.2, -0.15) is 0 Å². The van der Waals surface area contributed by atoms with E-state index >= 15 is 0 Å². The van der Waals surface area contributed by atoms with Gasteiger partial charge in [0.1, 0.15) is 11.9 Å². The predicted octanol–water partition coefficient (Wildman–Crippen LogP) is 0.537. The molecule has 0 amide bonds. The summed E-state index contributed by atoms with van der Waals surface area (Å²) < 4.78 is 5.80. The van der Waals surface area contributed by atoms with E-state index in [4.69, 9.17) is 10.1 Å². The van der Waals surface area contributed by atoms with Gasteiger partial charge in [-0.1, -0.05) is 0 Å². The molecule has 2 heterocycles. The number of hydrogen-bond acceptors (Lipinski definition) is 6. The fraction of sp³-hybridized carbons (Fsp3) is 0.385. The second kappa shape index (κ2) is 6.86. The molecule has 0 radical (unpaired) electrons. The fourth-order valence-electron chi connectivity index (χ4n) is 1.88. The van der Waals surface area contributed by atoms with Crippen molar-refractivity contribution in [3.63, 3.8) is 0 Å². The summed E-state index contributed by atoms with van der Waals surface area (Å²) in [4.78, 5) is 4.31. The fourth-order valence-corrected chi connectivity index (χ4v) is 1.88. The Morgan fingerprint density at radius 3 is 3.05 bits per heavy atom. The summed E-state index contributed by atoms with van der Waals surface area (Å²) in [5, 5.41) is 10.6. The Balaban J connectivity index is 2.02. The van der Waals surface area contributed by atoms with E-state index in [-0.39, 0.29) is 6.10 Å². The molecule has 1 atom stereocenters. The van der Waals surface area contributed by atoms with E-state index in [1.165, 1.54) is 6.21 Å². The third-order valence-electron chi connectivity index (χ3n) is 2.88. The molecule has 6 heteroatoms. The zero-order valence-corrected chi connectivity index (χ0v) is 10.9. The second-order valence-electron chi connectivity index (χ2n) is 4.25. The topological polar surface area (TPSA) is 82.1 Å². The number of ether oxygens (including phenoxy) is 1. The minimum absolute atomic E-state index is 0.233. The van der Waals surface area contributed by atoms with Crippen LogP contribution >= 0.6 is 0 Å². The number of nitrogens with one attached hydrogen (secondary N) is 4. The van der Waals surface area contributed by atoms with Gasteiger partial charge in [-0.3, -0.25) is 4.98 Å². The summed E-state index contributed by atoms with van der Waals surface area (Å²) in [7, 11) is 1.76. The number of aromatic nitrogens is 1. The van der Waals surface area contributed by atoms with Crippen LogP contribution in [-0.2, 0) is 0 Å². The van der Waals surface area contributed by atoms with Crippen molar-refractivity contribution in [1.82, 2.24) is 21.2 Å². The second-order valence-corrected chi connectivity index (χ2v) is 4.25. The first-order chi connectivity index (χ1) is 9.33. The average molecular weight is 261 g/mol. The SMILES string of the molecule is CNN/C=C(\C=N)c1ccc(O[C@@H]2CCNC2)cn1. The molecule has 1 saturated heterocycles. The Labute approximate surface area is 112 Å². The van der Waals surface area contributed by atoms with Crippen LogP contribution in [0.15, 0.2) is 24.5 Å². The lowest BCUT2D eigenvalue weighted by molar-refractivity contribution is 0.222.